The number of carboxylic acid groups (broad SMARTS) is 1. The first kappa shape index (κ1) is 28.7. The van der Waals surface area contributed by atoms with Crippen molar-refractivity contribution in [2.24, 2.45) is 0 Å². The van der Waals surface area contributed by atoms with E-state index < -0.39 is 30.2 Å². The first-order valence-corrected chi connectivity index (χ1v) is 13.3. The number of carbonyl (C=O) groups is 2. The summed E-state index contributed by atoms with van der Waals surface area (Å²) in [5, 5.41) is 24.9. The number of halogens is 2. The van der Waals surface area contributed by atoms with Gasteiger partial charge in [0.25, 0.3) is 0 Å². The number of aromatic nitrogens is 1. The summed E-state index contributed by atoms with van der Waals surface area (Å²) < 4.78 is 37.0. The lowest BCUT2D eigenvalue weighted by Gasteiger charge is -2.28. The smallest absolute Gasteiger partial charge is 0.344 e. The molecule has 1 saturated heterocycles. The van der Waals surface area contributed by atoms with Crippen LogP contribution in [-0.4, -0.2) is 63.8 Å². The van der Waals surface area contributed by atoms with Gasteiger partial charge in [-0.15, -0.1) is 0 Å². The van der Waals surface area contributed by atoms with Gasteiger partial charge < -0.3 is 25.2 Å². The van der Waals surface area contributed by atoms with Crippen molar-refractivity contribution in [1.82, 2.24) is 14.6 Å². The lowest BCUT2D eigenvalue weighted by molar-refractivity contribution is 0.0692. The molecule has 0 radical (unpaired) electrons. The van der Waals surface area contributed by atoms with Gasteiger partial charge in [-0.05, 0) is 74.9 Å². The Labute approximate surface area is 219 Å². The maximum atomic E-state index is 14.0. The number of benzene rings is 1. The van der Waals surface area contributed by atoms with Crippen molar-refractivity contribution >= 4 is 28.5 Å². The lowest BCUT2D eigenvalue weighted by atomic mass is 10.1. The Bertz CT molecular complexity index is 1060. The molecule has 9 nitrogen and oxygen atoms in total. The number of nitrogens with zero attached hydrogens (tertiary/aromatic N) is 2. The summed E-state index contributed by atoms with van der Waals surface area (Å²) in [5.41, 5.74) is -0.307. The largest absolute Gasteiger partial charge is 0.477 e. The van der Waals surface area contributed by atoms with Crippen LogP contribution < -0.4 is 15.4 Å². The van der Waals surface area contributed by atoms with Crippen LogP contribution in [0.5, 0.6) is 5.88 Å². The Hall–Kier alpha value is -2.83. The summed E-state index contributed by atoms with van der Waals surface area (Å²) in [6.45, 7) is 4.21. The summed E-state index contributed by atoms with van der Waals surface area (Å²) in [5.74, 6) is -2.96. The third-order valence-electron chi connectivity index (χ3n) is 6.21. The normalized spacial score (nSPS) is 14.8. The number of urea groups is 1. The molecule has 0 bridgehead atoms. The molecule has 1 fully saturated rings. The number of aromatic carboxylic acids is 1. The molecular formula is C25H34F2N4O5S. The third kappa shape index (κ3) is 8.90. The number of hydrogen-bond acceptors (Lipinski definition) is 7. The van der Waals surface area contributed by atoms with E-state index in [1.807, 2.05) is 0 Å². The molecular weight excluding hydrogens is 506 g/mol. The van der Waals surface area contributed by atoms with E-state index in [9.17, 15) is 28.6 Å². The minimum absolute atomic E-state index is 0.0311. The van der Waals surface area contributed by atoms with Crippen LogP contribution in [0.2, 0.25) is 0 Å². The highest BCUT2D eigenvalue weighted by molar-refractivity contribution is 7.11. The summed E-state index contributed by atoms with van der Waals surface area (Å²) in [7, 11) is 0. The van der Waals surface area contributed by atoms with E-state index >= 15 is 0 Å². The molecule has 0 saturated carbocycles. The van der Waals surface area contributed by atoms with Gasteiger partial charge in [0.05, 0.1) is 6.10 Å². The molecule has 0 spiro atoms. The molecule has 2 amide bonds. The van der Waals surface area contributed by atoms with Gasteiger partial charge >= 0.3 is 12.0 Å². The maximum absolute atomic E-state index is 14.0. The van der Waals surface area contributed by atoms with Gasteiger partial charge in [0, 0.05) is 18.7 Å². The van der Waals surface area contributed by atoms with Gasteiger partial charge in [0.1, 0.15) is 23.2 Å². The standard InChI is InChI=1S/C25H34F2N4O5S/c1-16-12-20(27)17(13-19(16)26)15-36-22-21(24(33)34)23(37-30-22)29-25(35)28-9-5-2-4-8-18(32)14-31-10-6-3-7-11-31/h12-13,18,32H,2-11,14-15H2,1H3,(H,33,34)(H2,28,29,35). The number of rotatable bonds is 13. The topological polar surface area (TPSA) is 124 Å². The highest BCUT2D eigenvalue weighted by Crippen LogP contribution is 2.31. The SMILES string of the molecule is Cc1cc(F)c(COc2nsc(NC(=O)NCCCCCC(O)CN3CCCCC3)c2C(=O)O)cc1F. The van der Waals surface area contributed by atoms with Crippen LogP contribution in [-0.2, 0) is 6.61 Å². The number of nitrogens with one attached hydrogen (secondary N) is 2. The Kier molecular flexibility index (Phi) is 11.0. The van der Waals surface area contributed by atoms with Crippen LogP contribution in [0, 0.1) is 18.6 Å². The van der Waals surface area contributed by atoms with Crippen LogP contribution in [0.3, 0.4) is 0 Å². The van der Waals surface area contributed by atoms with Crippen molar-refractivity contribution in [1.29, 1.82) is 0 Å². The number of ether oxygens (including phenoxy) is 1. The molecule has 1 aliphatic heterocycles. The number of piperidine rings is 1. The number of aliphatic hydroxyl groups is 1. The van der Waals surface area contributed by atoms with E-state index in [0.717, 1.165) is 38.1 Å². The van der Waals surface area contributed by atoms with Gasteiger partial charge in [0.15, 0.2) is 5.56 Å². The third-order valence-corrected chi connectivity index (χ3v) is 6.96. The van der Waals surface area contributed by atoms with E-state index in [4.69, 9.17) is 4.74 Å². The first-order valence-electron chi connectivity index (χ1n) is 12.5. The molecule has 1 unspecified atom stereocenters. The number of anilines is 1. The summed E-state index contributed by atoms with van der Waals surface area (Å²) in [4.78, 5) is 26.3. The van der Waals surface area contributed by atoms with E-state index in [0.29, 0.717) is 37.5 Å². The molecule has 1 aromatic carbocycles. The zero-order chi connectivity index (χ0) is 26.8. The number of carboxylic acids is 1. The quantitative estimate of drug-likeness (QED) is 0.275. The van der Waals surface area contributed by atoms with Gasteiger partial charge in [-0.1, -0.05) is 19.3 Å². The Morgan fingerprint density at radius 2 is 1.92 bits per heavy atom. The Morgan fingerprint density at radius 1 is 1.16 bits per heavy atom. The Balaban J connectivity index is 1.39. The van der Waals surface area contributed by atoms with Crippen LogP contribution in [0.15, 0.2) is 12.1 Å². The average Bonchev–Trinajstić information content (AvgIpc) is 3.25. The Morgan fingerprint density at radius 3 is 2.65 bits per heavy atom. The molecule has 1 aromatic heterocycles. The highest BCUT2D eigenvalue weighted by atomic mass is 32.1. The zero-order valence-electron chi connectivity index (χ0n) is 20.9. The van der Waals surface area contributed by atoms with Crippen molar-refractivity contribution in [2.75, 3.05) is 31.5 Å². The number of unbranched alkanes of at least 4 members (excludes halogenated alkanes) is 2. The number of amides is 2. The second-order valence-corrected chi connectivity index (χ2v) is 10.00. The molecule has 1 atom stereocenters. The van der Waals surface area contributed by atoms with E-state index in [1.165, 1.54) is 26.2 Å². The number of likely N-dealkylation sites (tertiary alicyclic amines) is 1. The minimum Gasteiger partial charge on any atom is -0.477 e. The molecule has 2 aromatic rings. The maximum Gasteiger partial charge on any atom is 0.344 e. The number of aryl methyl sites for hydroxylation is 1. The molecule has 12 heteroatoms. The molecule has 0 aliphatic carbocycles. The van der Waals surface area contributed by atoms with Crippen LogP contribution in [0.25, 0.3) is 0 Å². The number of β-amino-alcohol motifs (C(OH)–C–C–N with tert-alkyl or cyclic N) is 1. The van der Waals surface area contributed by atoms with Crippen molar-refractivity contribution in [3.05, 3.63) is 40.5 Å². The molecule has 2 heterocycles. The summed E-state index contributed by atoms with van der Waals surface area (Å²) in [6, 6.07) is 1.43. The zero-order valence-corrected chi connectivity index (χ0v) is 21.7. The van der Waals surface area contributed by atoms with Crippen LogP contribution >= 0.6 is 11.5 Å². The number of carbonyl (C=O) groups excluding carboxylic acids is 1. The number of hydrogen-bond donors (Lipinski definition) is 4. The van der Waals surface area contributed by atoms with Crippen molar-refractivity contribution in [3.63, 3.8) is 0 Å². The van der Waals surface area contributed by atoms with Crippen molar-refractivity contribution < 1.29 is 33.3 Å². The summed E-state index contributed by atoms with van der Waals surface area (Å²) >= 11 is 0.715. The second kappa shape index (κ2) is 14.2. The second-order valence-electron chi connectivity index (χ2n) is 9.22. The summed E-state index contributed by atoms with van der Waals surface area (Å²) in [6.07, 6.45) is 6.43. The van der Waals surface area contributed by atoms with E-state index in [1.54, 1.807) is 0 Å². The molecule has 204 valence electrons. The first-order chi connectivity index (χ1) is 17.7. The average molecular weight is 541 g/mol. The van der Waals surface area contributed by atoms with E-state index in [2.05, 4.69) is 19.9 Å². The fourth-order valence-electron chi connectivity index (χ4n) is 4.15. The van der Waals surface area contributed by atoms with Crippen LogP contribution in [0.1, 0.15) is 66.4 Å². The van der Waals surface area contributed by atoms with Crippen LogP contribution in [0.4, 0.5) is 18.6 Å². The van der Waals surface area contributed by atoms with Crippen molar-refractivity contribution in [3.8, 4) is 5.88 Å². The molecule has 4 N–H and O–H groups in total. The van der Waals surface area contributed by atoms with Gasteiger partial charge in [0.2, 0.25) is 5.88 Å². The predicted molar refractivity (Wildman–Crippen MR) is 136 cm³/mol. The van der Waals surface area contributed by atoms with Gasteiger partial charge in [-0.3, -0.25) is 5.32 Å². The molecule has 37 heavy (non-hydrogen) atoms. The van der Waals surface area contributed by atoms with Crippen molar-refractivity contribution in [2.45, 2.75) is 64.6 Å². The van der Waals surface area contributed by atoms with E-state index in [-0.39, 0.29) is 33.7 Å². The molecule has 3 rings (SSSR count). The van der Waals surface area contributed by atoms with Gasteiger partial charge in [-0.25, -0.2) is 18.4 Å². The number of aliphatic hydroxyl groups excluding tert-OH is 1. The predicted octanol–water partition coefficient (Wildman–Crippen LogP) is 4.54. The fraction of sp³-hybridized carbons (Fsp3) is 0.560. The fourth-order valence-corrected chi connectivity index (χ4v) is 4.88. The molecule has 1 aliphatic rings. The highest BCUT2D eigenvalue weighted by Gasteiger charge is 2.24. The monoisotopic (exact) mass is 540 g/mol. The minimum atomic E-state index is -1.38. The lowest BCUT2D eigenvalue weighted by Crippen LogP contribution is -2.36. The van der Waals surface area contributed by atoms with Gasteiger partial charge in [-0.2, -0.15) is 4.37 Å².